The Morgan fingerprint density at radius 2 is 1.85 bits per heavy atom. The molecule has 1 saturated heterocycles. The molecule has 1 saturated carbocycles. The summed E-state index contributed by atoms with van der Waals surface area (Å²) in [4.78, 5) is 26.1. The molecule has 2 aliphatic heterocycles. The number of rotatable bonds is 7. The van der Waals surface area contributed by atoms with E-state index in [0.717, 1.165) is 42.4 Å². The van der Waals surface area contributed by atoms with Crippen LogP contribution in [0, 0.1) is 11.3 Å². The van der Waals surface area contributed by atoms with Crippen molar-refractivity contribution in [1.82, 2.24) is 10.5 Å². The molecule has 1 unspecified atom stereocenters. The average Bonchev–Trinajstić information content (AvgIpc) is 3.46. The Kier molecular flexibility index (Phi) is 8.24. The summed E-state index contributed by atoms with van der Waals surface area (Å²) in [6, 6.07) is 17.2. The van der Waals surface area contributed by atoms with E-state index in [1.807, 2.05) is 36.4 Å². The number of aryl methyl sites for hydroxylation is 1. The minimum absolute atomic E-state index is 0.0294. The van der Waals surface area contributed by atoms with Gasteiger partial charge in [0.15, 0.2) is 11.5 Å². The first-order valence-electron chi connectivity index (χ1n) is 15.1. The van der Waals surface area contributed by atoms with Crippen LogP contribution in [0.2, 0.25) is 0 Å². The topological polar surface area (TPSA) is 90.7 Å². The van der Waals surface area contributed by atoms with Gasteiger partial charge in [0.05, 0.1) is 0 Å². The van der Waals surface area contributed by atoms with Gasteiger partial charge in [-0.15, -0.1) is 0 Å². The number of benzene rings is 2. The van der Waals surface area contributed by atoms with E-state index in [0.29, 0.717) is 30.4 Å². The third-order valence-electron chi connectivity index (χ3n) is 9.38. The van der Waals surface area contributed by atoms with Crippen LogP contribution in [-0.4, -0.2) is 42.7 Å². The van der Waals surface area contributed by atoms with Crippen molar-refractivity contribution in [3.63, 3.8) is 0 Å². The van der Waals surface area contributed by atoms with E-state index in [-0.39, 0.29) is 24.0 Å². The number of nitrogens with one attached hydrogen (secondary N) is 1. The molecule has 216 valence electrons. The Morgan fingerprint density at radius 3 is 2.66 bits per heavy atom. The molecule has 1 aromatic heterocycles. The number of carbonyl (C=O) groups is 2. The van der Waals surface area contributed by atoms with Crippen LogP contribution in [0.1, 0.15) is 90.7 Å². The SMILES string of the molecule is CC1CCC(=O)[C@@H](NC(=O)c2cc(Cc3ccccc3)on2)COc2ccc(CCC3CC4(CCOCC4)C3)cc21. The highest BCUT2D eigenvalue weighted by atomic mass is 16.5. The molecule has 3 aliphatic rings. The second kappa shape index (κ2) is 12.2. The lowest BCUT2D eigenvalue weighted by atomic mass is 9.57. The zero-order chi connectivity index (χ0) is 28.2. The van der Waals surface area contributed by atoms with Gasteiger partial charge in [-0.2, -0.15) is 0 Å². The molecule has 0 radical (unpaired) electrons. The van der Waals surface area contributed by atoms with Crippen molar-refractivity contribution in [1.29, 1.82) is 0 Å². The number of ketones is 1. The molecule has 1 amide bonds. The molecule has 7 heteroatoms. The molecule has 3 heterocycles. The van der Waals surface area contributed by atoms with Gasteiger partial charge in [-0.1, -0.05) is 54.5 Å². The Labute approximate surface area is 242 Å². The summed E-state index contributed by atoms with van der Waals surface area (Å²) in [6.07, 6.45) is 9.07. The Balaban J connectivity index is 1.05. The molecule has 0 bridgehead atoms. The fourth-order valence-corrected chi connectivity index (χ4v) is 6.83. The van der Waals surface area contributed by atoms with E-state index in [1.54, 1.807) is 6.07 Å². The molecule has 1 spiro atoms. The summed E-state index contributed by atoms with van der Waals surface area (Å²) in [5.41, 5.74) is 4.28. The Morgan fingerprint density at radius 1 is 1.05 bits per heavy atom. The van der Waals surface area contributed by atoms with Gasteiger partial charge in [-0.05, 0) is 85.0 Å². The summed E-state index contributed by atoms with van der Waals surface area (Å²) in [6.45, 7) is 4.10. The van der Waals surface area contributed by atoms with Crippen LogP contribution >= 0.6 is 0 Å². The molecular formula is C34H40N2O5. The number of Topliss-reactive ketones (excluding diaryl/α,β-unsaturated/α-hetero) is 1. The van der Waals surface area contributed by atoms with Gasteiger partial charge < -0.3 is 19.3 Å². The van der Waals surface area contributed by atoms with E-state index in [9.17, 15) is 9.59 Å². The zero-order valence-electron chi connectivity index (χ0n) is 23.9. The fraction of sp³-hybridized carbons (Fsp3) is 0.500. The number of carbonyl (C=O) groups excluding carboxylic acids is 2. The lowest BCUT2D eigenvalue weighted by Crippen LogP contribution is -2.44. The fourth-order valence-electron chi connectivity index (χ4n) is 6.83. The van der Waals surface area contributed by atoms with Crippen molar-refractivity contribution >= 4 is 11.7 Å². The number of amides is 1. The highest BCUT2D eigenvalue weighted by molar-refractivity contribution is 5.96. The van der Waals surface area contributed by atoms with Crippen LogP contribution < -0.4 is 10.1 Å². The maximum absolute atomic E-state index is 13.1. The predicted octanol–water partition coefficient (Wildman–Crippen LogP) is 6.05. The largest absolute Gasteiger partial charge is 0.491 e. The molecule has 6 rings (SSSR count). The smallest absolute Gasteiger partial charge is 0.274 e. The van der Waals surface area contributed by atoms with Crippen LogP contribution in [0.3, 0.4) is 0 Å². The highest BCUT2D eigenvalue weighted by Gasteiger charge is 2.44. The van der Waals surface area contributed by atoms with Crippen LogP contribution in [0.15, 0.2) is 59.1 Å². The first kappa shape index (κ1) is 27.7. The van der Waals surface area contributed by atoms with Gasteiger partial charge in [-0.25, -0.2) is 0 Å². The second-order valence-corrected chi connectivity index (χ2v) is 12.4. The van der Waals surface area contributed by atoms with E-state index in [2.05, 4.69) is 29.5 Å². The molecule has 7 nitrogen and oxygen atoms in total. The lowest BCUT2D eigenvalue weighted by molar-refractivity contribution is -0.121. The first-order valence-corrected chi connectivity index (χ1v) is 15.1. The van der Waals surface area contributed by atoms with Crippen molar-refractivity contribution in [2.24, 2.45) is 11.3 Å². The number of hydrogen-bond donors (Lipinski definition) is 1. The van der Waals surface area contributed by atoms with Gasteiger partial charge >= 0.3 is 0 Å². The van der Waals surface area contributed by atoms with Gasteiger partial charge in [0, 0.05) is 32.1 Å². The number of fused-ring (bicyclic) bond motifs is 1. The van der Waals surface area contributed by atoms with Gasteiger partial charge in [-0.3, -0.25) is 9.59 Å². The number of hydrogen-bond acceptors (Lipinski definition) is 6. The molecular weight excluding hydrogens is 516 g/mol. The summed E-state index contributed by atoms with van der Waals surface area (Å²) in [5.74, 6) is 1.93. The number of nitrogens with zero attached hydrogens (tertiary/aromatic N) is 1. The number of ether oxygens (including phenoxy) is 2. The monoisotopic (exact) mass is 556 g/mol. The van der Waals surface area contributed by atoms with Crippen molar-refractivity contribution in [3.8, 4) is 5.75 Å². The molecule has 1 N–H and O–H groups in total. The number of aromatic nitrogens is 1. The quantitative estimate of drug-likeness (QED) is 0.381. The lowest BCUT2D eigenvalue weighted by Gasteiger charge is -2.50. The Bertz CT molecular complexity index is 1350. The third-order valence-corrected chi connectivity index (χ3v) is 9.38. The highest BCUT2D eigenvalue weighted by Crippen LogP contribution is 2.53. The Hall–Kier alpha value is -3.45. The van der Waals surface area contributed by atoms with Crippen LogP contribution in [0.5, 0.6) is 5.75 Å². The first-order chi connectivity index (χ1) is 20.0. The standard InChI is InChI=1S/C34H40N2O5/c1-23-7-11-31(37)30(35-33(38)29-19-27(41-36-29)17-24-5-3-2-4-6-24)22-40-32-12-10-25(18-28(23)32)8-9-26-20-34(21-26)13-15-39-16-14-34/h2-6,10,12,18-19,23,26,30H,7-9,11,13-17,20-22H2,1H3,(H,35,38)/t23?,30-/m0/s1. The maximum atomic E-state index is 13.1. The zero-order valence-corrected chi connectivity index (χ0v) is 23.9. The predicted molar refractivity (Wildman–Crippen MR) is 155 cm³/mol. The minimum atomic E-state index is -0.745. The van der Waals surface area contributed by atoms with Gasteiger partial charge in [0.25, 0.3) is 5.91 Å². The van der Waals surface area contributed by atoms with Crippen molar-refractivity contribution in [3.05, 3.63) is 82.7 Å². The average molecular weight is 557 g/mol. The summed E-state index contributed by atoms with van der Waals surface area (Å²) < 4.78 is 17.1. The molecule has 1 aliphatic carbocycles. The van der Waals surface area contributed by atoms with Gasteiger partial charge in [0.2, 0.25) is 0 Å². The summed E-state index contributed by atoms with van der Waals surface area (Å²) in [5, 5.41) is 6.78. The molecule has 2 aromatic carbocycles. The normalized spacial score (nSPS) is 22.5. The van der Waals surface area contributed by atoms with Crippen LogP contribution in [0.4, 0.5) is 0 Å². The summed E-state index contributed by atoms with van der Waals surface area (Å²) in [7, 11) is 0. The van der Waals surface area contributed by atoms with Crippen molar-refractivity contribution in [2.45, 2.75) is 76.7 Å². The minimum Gasteiger partial charge on any atom is -0.491 e. The third kappa shape index (κ3) is 6.56. The molecule has 3 aromatic rings. The molecule has 2 atom stereocenters. The maximum Gasteiger partial charge on any atom is 0.274 e. The van der Waals surface area contributed by atoms with E-state index in [1.165, 1.54) is 37.7 Å². The van der Waals surface area contributed by atoms with E-state index < -0.39 is 11.9 Å². The van der Waals surface area contributed by atoms with E-state index in [4.69, 9.17) is 14.0 Å². The van der Waals surface area contributed by atoms with Crippen molar-refractivity contribution in [2.75, 3.05) is 19.8 Å². The second-order valence-electron chi connectivity index (χ2n) is 12.4. The molecule has 2 fully saturated rings. The van der Waals surface area contributed by atoms with E-state index >= 15 is 0 Å². The summed E-state index contributed by atoms with van der Waals surface area (Å²) >= 11 is 0. The van der Waals surface area contributed by atoms with Crippen LogP contribution in [0.25, 0.3) is 0 Å². The van der Waals surface area contributed by atoms with Crippen LogP contribution in [-0.2, 0) is 22.4 Å². The molecule has 41 heavy (non-hydrogen) atoms. The van der Waals surface area contributed by atoms with Gasteiger partial charge in [0.1, 0.15) is 24.2 Å². The van der Waals surface area contributed by atoms with Crippen molar-refractivity contribution < 1.29 is 23.6 Å².